The standard InChI is InChI=1S/C30H35ClN6O4S.2ClH/c1-30(2,3)36-29(38)21-5-4-6-23(16-21)41-26-8-7-22(17-25(26)31)35-28-24-15-20(9-10-32-27(24)33-19-34-28)18-37-11-13-42(39,40)14-12-37;;/h4-8,15-17,19H,9-14,18H2,1-3H3,(H,36,38)(H2,32,33,34,35);2*1H. The number of rotatable bonds is 7. The van der Waals surface area contributed by atoms with Crippen LogP contribution in [0.2, 0.25) is 5.02 Å². The fourth-order valence-electron chi connectivity index (χ4n) is 4.75. The molecule has 0 bridgehead atoms. The number of nitrogens with one attached hydrogen (secondary N) is 3. The molecule has 2 aromatic carbocycles. The van der Waals surface area contributed by atoms with Crippen molar-refractivity contribution in [3.8, 4) is 11.5 Å². The highest BCUT2D eigenvalue weighted by atomic mass is 35.5. The maximum Gasteiger partial charge on any atom is 0.251 e. The van der Waals surface area contributed by atoms with Crippen molar-refractivity contribution >= 4 is 75.6 Å². The summed E-state index contributed by atoms with van der Waals surface area (Å²) >= 11 is 6.61. The number of hydrogen-bond acceptors (Lipinski definition) is 9. The SMILES string of the molecule is CC(C)(C)NC(=O)c1cccc(Oc2ccc(Nc3ncnc4c3C=C(CN3CCS(=O)(=O)CC3)CCN4)cc2Cl)c1.Cl.Cl. The lowest BCUT2D eigenvalue weighted by Crippen LogP contribution is -2.41. The van der Waals surface area contributed by atoms with Gasteiger partial charge in [0.05, 0.1) is 22.1 Å². The summed E-state index contributed by atoms with van der Waals surface area (Å²) in [5.41, 5.74) is 2.86. The van der Waals surface area contributed by atoms with Crippen molar-refractivity contribution in [2.75, 3.05) is 48.3 Å². The maximum atomic E-state index is 12.6. The lowest BCUT2D eigenvalue weighted by molar-refractivity contribution is 0.0919. The van der Waals surface area contributed by atoms with Crippen LogP contribution in [-0.2, 0) is 9.84 Å². The minimum Gasteiger partial charge on any atom is -0.456 e. The summed E-state index contributed by atoms with van der Waals surface area (Å²) in [7, 11) is -2.93. The van der Waals surface area contributed by atoms with Gasteiger partial charge in [0, 0.05) is 43.0 Å². The highest BCUT2D eigenvalue weighted by Gasteiger charge is 2.23. The number of sulfone groups is 1. The van der Waals surface area contributed by atoms with Crippen molar-refractivity contribution in [2.24, 2.45) is 0 Å². The smallest absolute Gasteiger partial charge is 0.251 e. The summed E-state index contributed by atoms with van der Waals surface area (Å²) in [4.78, 5) is 23.7. The third-order valence-electron chi connectivity index (χ3n) is 6.84. The predicted molar refractivity (Wildman–Crippen MR) is 181 cm³/mol. The molecule has 44 heavy (non-hydrogen) atoms. The second kappa shape index (κ2) is 14.8. The summed E-state index contributed by atoms with van der Waals surface area (Å²) in [5, 5.41) is 10.1. The highest BCUT2D eigenvalue weighted by Crippen LogP contribution is 2.34. The fraction of sp³-hybridized carbons (Fsp3) is 0.367. The number of carbonyl (C=O) groups excluding carboxylic acids is 1. The number of aromatic nitrogens is 2. The normalized spacial score (nSPS) is 16.0. The van der Waals surface area contributed by atoms with Gasteiger partial charge in [0.2, 0.25) is 0 Å². The van der Waals surface area contributed by atoms with Crippen molar-refractivity contribution in [2.45, 2.75) is 32.7 Å². The van der Waals surface area contributed by atoms with E-state index in [9.17, 15) is 13.2 Å². The van der Waals surface area contributed by atoms with E-state index in [1.807, 2.05) is 26.8 Å². The first kappa shape index (κ1) is 35.4. The number of nitrogens with zero attached hydrogens (tertiary/aromatic N) is 3. The van der Waals surface area contributed by atoms with Gasteiger partial charge in [-0.2, -0.15) is 0 Å². The number of fused-ring (bicyclic) bond motifs is 1. The molecule has 5 rings (SSSR count). The van der Waals surface area contributed by atoms with Gasteiger partial charge in [-0.05, 0) is 69.7 Å². The fourth-order valence-corrected chi connectivity index (χ4v) is 6.25. The molecule has 3 N–H and O–H groups in total. The first-order valence-corrected chi connectivity index (χ1v) is 16.0. The molecule has 0 unspecified atom stereocenters. The zero-order valence-electron chi connectivity index (χ0n) is 24.7. The van der Waals surface area contributed by atoms with Crippen LogP contribution in [0.4, 0.5) is 17.3 Å². The van der Waals surface area contributed by atoms with Crippen LogP contribution in [0.15, 0.2) is 54.4 Å². The van der Waals surface area contributed by atoms with Crippen molar-refractivity contribution in [1.82, 2.24) is 20.2 Å². The minimum atomic E-state index is -2.93. The Bertz CT molecular complexity index is 1620. The number of anilines is 3. The molecule has 2 aliphatic rings. The van der Waals surface area contributed by atoms with Crippen LogP contribution in [0.3, 0.4) is 0 Å². The molecule has 0 saturated carbocycles. The Morgan fingerprint density at radius 1 is 1.09 bits per heavy atom. The molecule has 0 spiro atoms. The van der Waals surface area contributed by atoms with Crippen molar-refractivity contribution in [1.29, 1.82) is 0 Å². The van der Waals surface area contributed by atoms with E-state index in [0.717, 1.165) is 24.3 Å². The van der Waals surface area contributed by atoms with Crippen LogP contribution in [0, 0.1) is 0 Å². The summed E-state index contributed by atoms with van der Waals surface area (Å²) in [6, 6.07) is 12.3. The largest absolute Gasteiger partial charge is 0.456 e. The van der Waals surface area contributed by atoms with Gasteiger partial charge in [-0.1, -0.05) is 23.2 Å². The van der Waals surface area contributed by atoms with Gasteiger partial charge in [-0.3, -0.25) is 9.69 Å². The first-order chi connectivity index (χ1) is 19.9. The molecule has 0 radical (unpaired) electrons. The van der Waals surface area contributed by atoms with E-state index in [2.05, 4.69) is 36.9 Å². The molecule has 3 heterocycles. The van der Waals surface area contributed by atoms with Crippen LogP contribution >= 0.6 is 36.4 Å². The van der Waals surface area contributed by atoms with E-state index >= 15 is 0 Å². The molecule has 0 atom stereocenters. The third kappa shape index (κ3) is 9.45. The zero-order valence-corrected chi connectivity index (χ0v) is 27.9. The molecular formula is C30H37Cl3N6O4S. The molecule has 1 amide bonds. The minimum absolute atomic E-state index is 0. The van der Waals surface area contributed by atoms with Crippen LogP contribution in [0.25, 0.3) is 6.08 Å². The van der Waals surface area contributed by atoms with Crippen molar-refractivity contribution in [3.63, 3.8) is 0 Å². The molecule has 1 aromatic heterocycles. The van der Waals surface area contributed by atoms with Crippen LogP contribution in [0.5, 0.6) is 11.5 Å². The summed E-state index contributed by atoms with van der Waals surface area (Å²) in [6.45, 7) is 8.28. The molecule has 2 aliphatic heterocycles. The molecule has 10 nitrogen and oxygen atoms in total. The van der Waals surface area contributed by atoms with E-state index in [0.29, 0.717) is 53.2 Å². The van der Waals surface area contributed by atoms with Crippen molar-refractivity contribution < 1.29 is 17.9 Å². The van der Waals surface area contributed by atoms with E-state index in [1.54, 1.807) is 36.4 Å². The first-order valence-electron chi connectivity index (χ1n) is 13.8. The van der Waals surface area contributed by atoms with Crippen LogP contribution in [0.1, 0.15) is 43.1 Å². The lowest BCUT2D eigenvalue weighted by atomic mass is 10.1. The number of halogens is 3. The van der Waals surface area contributed by atoms with Gasteiger partial charge in [0.25, 0.3) is 5.91 Å². The number of benzene rings is 2. The molecule has 0 aliphatic carbocycles. The van der Waals surface area contributed by atoms with Gasteiger partial charge >= 0.3 is 0 Å². The Kier molecular flexibility index (Phi) is 11.9. The number of hydrogen-bond donors (Lipinski definition) is 3. The molecule has 1 saturated heterocycles. The monoisotopic (exact) mass is 682 g/mol. The zero-order chi connectivity index (χ0) is 29.9. The second-order valence-corrected chi connectivity index (χ2v) is 14.2. The van der Waals surface area contributed by atoms with Gasteiger partial charge in [0.1, 0.15) is 29.5 Å². The average molecular weight is 684 g/mol. The quantitative estimate of drug-likeness (QED) is 0.276. The molecule has 1 fully saturated rings. The Balaban J connectivity index is 0.00000264. The topological polar surface area (TPSA) is 126 Å². The second-order valence-electron chi connectivity index (χ2n) is 11.5. The Hall–Kier alpha value is -3.09. The summed E-state index contributed by atoms with van der Waals surface area (Å²) < 4.78 is 29.7. The van der Waals surface area contributed by atoms with E-state index < -0.39 is 9.84 Å². The van der Waals surface area contributed by atoms with Gasteiger partial charge < -0.3 is 20.7 Å². The number of carbonyl (C=O) groups is 1. The van der Waals surface area contributed by atoms with Crippen LogP contribution < -0.4 is 20.7 Å². The van der Waals surface area contributed by atoms with E-state index in [4.69, 9.17) is 16.3 Å². The maximum absolute atomic E-state index is 12.6. The number of ether oxygens (including phenoxy) is 1. The van der Waals surface area contributed by atoms with Gasteiger partial charge in [-0.15, -0.1) is 24.8 Å². The summed E-state index contributed by atoms with van der Waals surface area (Å²) in [6.07, 6.45) is 4.41. The Labute approximate surface area is 275 Å². The van der Waals surface area contributed by atoms with Gasteiger partial charge in [0.15, 0.2) is 9.84 Å². The molecule has 14 heteroatoms. The molecular weight excluding hydrogens is 647 g/mol. The average Bonchev–Trinajstić information content (AvgIpc) is 3.13. The van der Waals surface area contributed by atoms with Gasteiger partial charge in [-0.25, -0.2) is 18.4 Å². The number of amides is 1. The highest BCUT2D eigenvalue weighted by molar-refractivity contribution is 7.91. The van der Waals surface area contributed by atoms with Crippen LogP contribution in [-0.4, -0.2) is 72.4 Å². The third-order valence-corrected chi connectivity index (χ3v) is 8.75. The Morgan fingerprint density at radius 2 is 1.84 bits per heavy atom. The lowest BCUT2D eigenvalue weighted by Gasteiger charge is -2.27. The van der Waals surface area contributed by atoms with E-state index in [1.165, 1.54) is 11.9 Å². The predicted octanol–water partition coefficient (Wildman–Crippen LogP) is 5.97. The Morgan fingerprint density at radius 3 is 2.55 bits per heavy atom. The molecule has 3 aromatic rings. The van der Waals surface area contributed by atoms with Crippen molar-refractivity contribution in [3.05, 3.63) is 70.5 Å². The van der Waals surface area contributed by atoms with E-state index in [-0.39, 0.29) is 47.8 Å². The summed E-state index contributed by atoms with van der Waals surface area (Å²) in [5.74, 6) is 2.51. The molecule has 238 valence electrons.